The molecule has 1 heterocycles. The number of halogens is 1. The highest BCUT2D eigenvalue weighted by Crippen LogP contribution is 2.24. The Hall–Kier alpha value is -1.54. The minimum absolute atomic E-state index is 0.134. The minimum Gasteiger partial charge on any atom is -0.446 e. The van der Waals surface area contributed by atoms with Crippen molar-refractivity contribution >= 4 is 23.4 Å². The number of hydrogen-bond acceptors (Lipinski definition) is 10. The first kappa shape index (κ1) is 63.6. The Morgan fingerprint density at radius 3 is 1.38 bits per heavy atom. The quantitative estimate of drug-likeness (QED) is 0.0312. The van der Waals surface area contributed by atoms with E-state index in [1.807, 2.05) is 0 Å². The van der Waals surface area contributed by atoms with E-state index in [4.69, 9.17) is 25.8 Å². The number of aliphatic hydroxyl groups is 5. The standard InChI is InChI=1S/C57H105ClN2O9/c1-3-5-7-9-11-13-15-17-18-19-20-21-22-23-24-25-26-27-28-30-32-34-36-38-44-59-49(52(62)50(61)39-37-35-33-31-29-16-14-12-10-8-6-4-2)45-67-56-55(65)54(64)53(63)51(69-56)46-68-57(66)60-48-42-40-47(58)41-43-48/h40-43,49-56,59,61-65H,3-39,44-46H2,1-2H3,(H,60,66)/t49-,50+,51+,52-,53-,54-,55+,56+/m0/s1. The van der Waals surface area contributed by atoms with Crippen molar-refractivity contribution < 1.29 is 44.5 Å². The molecule has 1 aliphatic rings. The predicted molar refractivity (Wildman–Crippen MR) is 285 cm³/mol. The van der Waals surface area contributed by atoms with Crippen LogP contribution in [0, 0.1) is 0 Å². The normalized spacial score (nSPS) is 19.7. The maximum absolute atomic E-state index is 12.5. The second-order valence-electron chi connectivity index (χ2n) is 20.5. The molecule has 12 heteroatoms. The summed E-state index contributed by atoms with van der Waals surface area (Å²) in [7, 11) is 0. The third kappa shape index (κ3) is 33.0. The molecule has 1 aliphatic heterocycles. The van der Waals surface area contributed by atoms with Crippen LogP contribution in [0.5, 0.6) is 0 Å². The molecule has 7 N–H and O–H groups in total. The van der Waals surface area contributed by atoms with Crippen molar-refractivity contribution in [1.82, 2.24) is 5.32 Å². The monoisotopic (exact) mass is 997 g/mol. The summed E-state index contributed by atoms with van der Waals surface area (Å²) in [6.07, 6.45) is 36.9. The summed E-state index contributed by atoms with van der Waals surface area (Å²) < 4.78 is 17.1. The molecule has 0 radical (unpaired) electrons. The number of anilines is 1. The average molecular weight is 998 g/mol. The number of unbranched alkanes of at least 4 members (excludes halogenated alkanes) is 34. The van der Waals surface area contributed by atoms with Gasteiger partial charge in [0.25, 0.3) is 0 Å². The maximum atomic E-state index is 12.5. The van der Waals surface area contributed by atoms with Crippen molar-refractivity contribution in [2.24, 2.45) is 0 Å². The summed E-state index contributed by atoms with van der Waals surface area (Å²) in [5, 5.41) is 61.2. The molecule has 0 bridgehead atoms. The lowest BCUT2D eigenvalue weighted by molar-refractivity contribution is -0.302. The van der Waals surface area contributed by atoms with E-state index in [0.717, 1.165) is 38.5 Å². The summed E-state index contributed by atoms with van der Waals surface area (Å²) >= 11 is 5.93. The molecule has 0 unspecified atom stereocenters. The van der Waals surface area contributed by atoms with Gasteiger partial charge in [0, 0.05) is 10.7 Å². The van der Waals surface area contributed by atoms with Gasteiger partial charge in [0.15, 0.2) is 6.29 Å². The van der Waals surface area contributed by atoms with Gasteiger partial charge in [-0.25, -0.2) is 4.79 Å². The van der Waals surface area contributed by atoms with E-state index in [9.17, 15) is 30.3 Å². The largest absolute Gasteiger partial charge is 0.446 e. The van der Waals surface area contributed by atoms with E-state index in [1.54, 1.807) is 24.3 Å². The first-order valence-corrected chi connectivity index (χ1v) is 29.2. The van der Waals surface area contributed by atoms with Crippen LogP contribution in [0.3, 0.4) is 0 Å². The van der Waals surface area contributed by atoms with Crippen LogP contribution >= 0.6 is 11.6 Å². The molecule has 0 spiro atoms. The number of hydrogen-bond donors (Lipinski definition) is 7. The van der Waals surface area contributed by atoms with Crippen LogP contribution in [-0.2, 0) is 14.2 Å². The van der Waals surface area contributed by atoms with Gasteiger partial charge in [-0.05, 0) is 43.7 Å². The lowest BCUT2D eigenvalue weighted by Gasteiger charge is -2.40. The SMILES string of the molecule is CCCCCCCCCCCCCCCCCCCCCCCCCCN[C@@H](CO[C@@H]1O[C@H](COC(=O)Nc2ccc(Cl)cc2)[C@H](O)[C@H](O)[C@H]1O)[C@H](O)[C@H](O)CCCCCCCCCCCCCC. The zero-order valence-electron chi connectivity index (χ0n) is 44.0. The number of carbonyl (C=O) groups excluding carboxylic acids is 1. The van der Waals surface area contributed by atoms with Crippen molar-refractivity contribution in [2.45, 2.75) is 300 Å². The number of carbonyl (C=O) groups is 1. The zero-order chi connectivity index (χ0) is 50.0. The van der Waals surface area contributed by atoms with Gasteiger partial charge in [0.05, 0.1) is 24.9 Å². The molecule has 1 aromatic rings. The Labute approximate surface area is 426 Å². The second kappa shape index (κ2) is 44.0. The minimum atomic E-state index is -1.64. The summed E-state index contributed by atoms with van der Waals surface area (Å²) in [5.41, 5.74) is 0.454. The van der Waals surface area contributed by atoms with Crippen LogP contribution < -0.4 is 10.6 Å². The van der Waals surface area contributed by atoms with E-state index in [0.29, 0.717) is 23.7 Å². The molecule has 404 valence electrons. The van der Waals surface area contributed by atoms with Gasteiger partial charge in [0.1, 0.15) is 31.0 Å². The Morgan fingerprint density at radius 2 is 0.957 bits per heavy atom. The van der Waals surface area contributed by atoms with E-state index in [2.05, 4.69) is 24.5 Å². The van der Waals surface area contributed by atoms with Gasteiger partial charge in [-0.3, -0.25) is 5.32 Å². The van der Waals surface area contributed by atoms with Gasteiger partial charge in [-0.2, -0.15) is 0 Å². The zero-order valence-corrected chi connectivity index (χ0v) is 44.7. The van der Waals surface area contributed by atoms with Crippen LogP contribution in [0.1, 0.15) is 251 Å². The molecule has 69 heavy (non-hydrogen) atoms. The first-order chi connectivity index (χ1) is 33.7. The lowest BCUT2D eigenvalue weighted by Crippen LogP contribution is -2.60. The van der Waals surface area contributed by atoms with Crippen LogP contribution in [-0.4, -0.2) is 100 Å². The van der Waals surface area contributed by atoms with Crippen molar-refractivity contribution in [2.75, 3.05) is 25.1 Å². The fraction of sp³-hybridized carbons (Fsp3) is 0.877. The van der Waals surface area contributed by atoms with E-state index < -0.39 is 61.7 Å². The first-order valence-electron chi connectivity index (χ1n) is 28.8. The van der Waals surface area contributed by atoms with Crippen molar-refractivity contribution in [3.05, 3.63) is 29.3 Å². The van der Waals surface area contributed by atoms with Crippen molar-refractivity contribution in [1.29, 1.82) is 0 Å². The maximum Gasteiger partial charge on any atom is 0.411 e. The summed E-state index contributed by atoms with van der Waals surface area (Å²) in [6, 6.07) is 5.77. The van der Waals surface area contributed by atoms with Crippen LogP contribution in [0.2, 0.25) is 5.02 Å². The second-order valence-corrected chi connectivity index (χ2v) is 20.9. The molecule has 1 amide bonds. The van der Waals surface area contributed by atoms with E-state index in [-0.39, 0.29) is 6.61 Å². The molecule has 2 rings (SSSR count). The summed E-state index contributed by atoms with van der Waals surface area (Å²) in [6.45, 7) is 4.59. The summed E-state index contributed by atoms with van der Waals surface area (Å²) in [5.74, 6) is 0. The van der Waals surface area contributed by atoms with E-state index in [1.165, 1.54) is 193 Å². The van der Waals surface area contributed by atoms with Gasteiger partial charge < -0.3 is 45.1 Å². The molecule has 0 saturated carbocycles. The van der Waals surface area contributed by atoms with Crippen LogP contribution in [0.4, 0.5) is 10.5 Å². The topological polar surface area (TPSA) is 170 Å². The molecule has 0 aromatic heterocycles. The van der Waals surface area contributed by atoms with Gasteiger partial charge >= 0.3 is 6.09 Å². The number of rotatable bonds is 47. The smallest absolute Gasteiger partial charge is 0.411 e. The Kier molecular flexibility index (Phi) is 40.5. The molecule has 0 aliphatic carbocycles. The highest BCUT2D eigenvalue weighted by atomic mass is 35.5. The predicted octanol–water partition coefficient (Wildman–Crippen LogP) is 13.9. The highest BCUT2D eigenvalue weighted by molar-refractivity contribution is 6.30. The van der Waals surface area contributed by atoms with Crippen LogP contribution in [0.25, 0.3) is 0 Å². The molecular weight excluding hydrogens is 892 g/mol. The molecule has 8 atom stereocenters. The Morgan fingerprint density at radius 1 is 0.565 bits per heavy atom. The third-order valence-corrected chi connectivity index (χ3v) is 14.4. The summed E-state index contributed by atoms with van der Waals surface area (Å²) in [4.78, 5) is 12.5. The molecule has 1 aromatic carbocycles. The molecule has 1 saturated heterocycles. The van der Waals surface area contributed by atoms with Crippen molar-refractivity contribution in [3.63, 3.8) is 0 Å². The molecular formula is C57H105ClN2O9. The lowest BCUT2D eigenvalue weighted by atomic mass is 9.98. The number of amides is 1. The van der Waals surface area contributed by atoms with Gasteiger partial charge in [0.2, 0.25) is 0 Å². The third-order valence-electron chi connectivity index (χ3n) is 14.2. The number of ether oxygens (including phenoxy) is 3. The fourth-order valence-electron chi connectivity index (χ4n) is 9.52. The van der Waals surface area contributed by atoms with Gasteiger partial charge in [-0.1, -0.05) is 250 Å². The van der Waals surface area contributed by atoms with Crippen LogP contribution in [0.15, 0.2) is 24.3 Å². The highest BCUT2D eigenvalue weighted by Gasteiger charge is 2.45. The molecule has 1 fully saturated rings. The molecule has 11 nitrogen and oxygen atoms in total. The number of benzene rings is 1. The number of aliphatic hydroxyl groups excluding tert-OH is 5. The van der Waals surface area contributed by atoms with Crippen molar-refractivity contribution in [3.8, 4) is 0 Å². The van der Waals surface area contributed by atoms with Gasteiger partial charge in [-0.15, -0.1) is 0 Å². The fourth-order valence-corrected chi connectivity index (χ4v) is 9.65. The Balaban J connectivity index is 1.68. The Bertz CT molecular complexity index is 1300. The van der Waals surface area contributed by atoms with E-state index >= 15 is 0 Å². The number of nitrogens with one attached hydrogen (secondary N) is 2. The average Bonchev–Trinajstić information content (AvgIpc) is 3.35.